The fraction of sp³-hybridized carbons (Fsp3) is 0.731. The van der Waals surface area contributed by atoms with Crippen molar-refractivity contribution in [2.24, 2.45) is 11.8 Å². The van der Waals surface area contributed by atoms with Gasteiger partial charge in [0.05, 0.1) is 23.2 Å². The molecule has 2 amide bonds. The van der Waals surface area contributed by atoms with Crippen LogP contribution < -0.4 is 0 Å². The highest BCUT2D eigenvalue weighted by Gasteiger charge is 2.70. The predicted octanol–water partition coefficient (Wildman–Crippen LogP) is 2.93. The molecule has 7 nitrogen and oxygen atoms in total. The van der Waals surface area contributed by atoms with Crippen LogP contribution in [0.2, 0.25) is 0 Å². The number of amides is 2. The van der Waals surface area contributed by atoms with Crippen molar-refractivity contribution in [1.82, 2.24) is 9.80 Å². The topological polar surface area (TPSA) is 87.2 Å². The molecule has 1 spiro atoms. The maximum absolute atomic E-state index is 14.0. The number of likely N-dealkylation sites (tertiary alicyclic amines) is 1. The van der Waals surface area contributed by atoms with Crippen LogP contribution in [-0.2, 0) is 19.1 Å². The quantitative estimate of drug-likeness (QED) is 0.288. The van der Waals surface area contributed by atoms with Gasteiger partial charge in [-0.05, 0) is 25.7 Å². The number of esters is 1. The van der Waals surface area contributed by atoms with E-state index in [-0.39, 0.29) is 29.6 Å². The van der Waals surface area contributed by atoms with E-state index in [0.29, 0.717) is 32.7 Å². The Morgan fingerprint density at radius 3 is 2.65 bits per heavy atom. The molecular weight excluding hydrogens is 452 g/mol. The van der Waals surface area contributed by atoms with Crippen molar-refractivity contribution in [3.05, 3.63) is 24.3 Å². The summed E-state index contributed by atoms with van der Waals surface area (Å²) < 4.78 is 4.77. The second kappa shape index (κ2) is 11.3. The van der Waals surface area contributed by atoms with E-state index in [4.69, 9.17) is 9.84 Å². The molecular formula is C26H38N2O5S. The van der Waals surface area contributed by atoms with Gasteiger partial charge in [-0.15, -0.1) is 11.8 Å². The number of hydrogen-bond acceptors (Lipinski definition) is 6. The molecule has 2 saturated heterocycles. The predicted molar refractivity (Wildman–Crippen MR) is 132 cm³/mol. The fourth-order valence-corrected chi connectivity index (χ4v) is 7.90. The number of aliphatic hydroxyl groups excluding tert-OH is 1. The van der Waals surface area contributed by atoms with E-state index in [1.54, 1.807) is 16.7 Å². The third-order valence-corrected chi connectivity index (χ3v) is 9.29. The zero-order chi connectivity index (χ0) is 24.1. The van der Waals surface area contributed by atoms with Crippen molar-refractivity contribution in [1.29, 1.82) is 0 Å². The van der Waals surface area contributed by atoms with Crippen molar-refractivity contribution in [2.75, 3.05) is 32.8 Å². The Morgan fingerprint density at radius 1 is 1.06 bits per heavy atom. The smallest absolute Gasteiger partial charge is 0.311 e. The summed E-state index contributed by atoms with van der Waals surface area (Å²) in [6.45, 7) is 4.37. The number of nitrogens with zero attached hydrogens (tertiary/aromatic N) is 2. The van der Waals surface area contributed by atoms with E-state index in [1.165, 1.54) is 0 Å². The summed E-state index contributed by atoms with van der Waals surface area (Å²) in [5.41, 5.74) is 0. The van der Waals surface area contributed by atoms with E-state index in [0.717, 1.165) is 44.9 Å². The Hall–Kier alpha value is -1.80. The van der Waals surface area contributed by atoms with E-state index in [9.17, 15) is 14.4 Å². The molecule has 4 heterocycles. The number of carbonyl (C=O) groups is 3. The average molecular weight is 491 g/mol. The summed E-state index contributed by atoms with van der Waals surface area (Å²) >= 11 is 1.61. The zero-order valence-corrected chi connectivity index (χ0v) is 21.0. The Balaban J connectivity index is 1.66. The number of unbranched alkanes of at least 4 members (excludes halogenated alkanes) is 5. The van der Waals surface area contributed by atoms with Gasteiger partial charge in [0.2, 0.25) is 11.8 Å². The van der Waals surface area contributed by atoms with E-state index in [1.807, 2.05) is 17.1 Å². The van der Waals surface area contributed by atoms with Gasteiger partial charge < -0.3 is 19.6 Å². The molecule has 4 aliphatic rings. The van der Waals surface area contributed by atoms with Crippen LogP contribution in [0.25, 0.3) is 0 Å². The maximum atomic E-state index is 14.0. The lowest BCUT2D eigenvalue weighted by Gasteiger charge is -2.35. The largest absolute Gasteiger partial charge is 0.465 e. The summed E-state index contributed by atoms with van der Waals surface area (Å²) in [5.74, 6) is -1.56. The van der Waals surface area contributed by atoms with E-state index in [2.05, 4.69) is 19.1 Å². The summed E-state index contributed by atoms with van der Waals surface area (Å²) in [5, 5.41) is 8.90. The molecule has 1 unspecified atom stereocenters. The molecule has 0 radical (unpaired) electrons. The summed E-state index contributed by atoms with van der Waals surface area (Å²) in [7, 11) is 0. The van der Waals surface area contributed by atoms with Crippen LogP contribution in [0.5, 0.6) is 0 Å². The van der Waals surface area contributed by atoms with Crippen molar-refractivity contribution in [3.63, 3.8) is 0 Å². The maximum Gasteiger partial charge on any atom is 0.311 e. The molecule has 5 atom stereocenters. The van der Waals surface area contributed by atoms with Crippen LogP contribution in [0.1, 0.15) is 58.3 Å². The van der Waals surface area contributed by atoms with Gasteiger partial charge in [0.25, 0.3) is 0 Å². The standard InChI is InChI=1S/C26H38N2O5S/c1-2-3-7-14-27-15-11-13-26-21(20-19(34-26)12-6-10-18-33-25(20)32)23(30)28(22(26)24(27)31)16-8-4-5-9-17-29/h6,11-13,19-22,29H,2-5,7-10,14-18H2,1H3/t19-,20+,21-,22?,26-/m0/s1. The molecule has 0 saturated carbocycles. The summed E-state index contributed by atoms with van der Waals surface area (Å²) in [6, 6.07) is -0.595. The summed E-state index contributed by atoms with van der Waals surface area (Å²) in [6.07, 6.45) is 15.3. The van der Waals surface area contributed by atoms with Gasteiger partial charge in [0, 0.05) is 31.5 Å². The highest BCUT2D eigenvalue weighted by atomic mass is 32.2. The lowest BCUT2D eigenvalue weighted by Crippen LogP contribution is -2.53. The first-order valence-electron chi connectivity index (χ1n) is 12.9. The summed E-state index contributed by atoms with van der Waals surface area (Å²) in [4.78, 5) is 44.7. The first-order chi connectivity index (χ1) is 16.5. The molecule has 188 valence electrons. The highest BCUT2D eigenvalue weighted by Crippen LogP contribution is 2.60. The van der Waals surface area contributed by atoms with Crippen molar-refractivity contribution < 1.29 is 24.2 Å². The Kier molecular flexibility index (Phi) is 8.40. The van der Waals surface area contributed by atoms with Gasteiger partial charge in [-0.2, -0.15) is 0 Å². The lowest BCUT2D eigenvalue weighted by molar-refractivity contribution is -0.153. The number of rotatable bonds is 10. The molecule has 0 aromatic rings. The molecule has 1 N–H and O–H groups in total. The number of carbonyl (C=O) groups excluding carboxylic acids is 3. The van der Waals surface area contributed by atoms with Crippen LogP contribution in [0.3, 0.4) is 0 Å². The first-order valence-corrected chi connectivity index (χ1v) is 13.8. The number of fused-ring (bicyclic) bond motifs is 2. The van der Waals surface area contributed by atoms with Gasteiger partial charge in [0.15, 0.2) is 0 Å². The van der Waals surface area contributed by atoms with Crippen LogP contribution in [-0.4, -0.2) is 81.6 Å². The molecule has 4 aliphatic heterocycles. The minimum atomic E-state index is -0.748. The van der Waals surface area contributed by atoms with Crippen molar-refractivity contribution >= 4 is 29.5 Å². The van der Waals surface area contributed by atoms with Gasteiger partial charge in [0.1, 0.15) is 6.04 Å². The van der Waals surface area contributed by atoms with Crippen LogP contribution in [0.4, 0.5) is 0 Å². The number of cyclic esters (lactones) is 1. The number of aliphatic hydroxyl groups is 1. The first kappa shape index (κ1) is 25.3. The minimum absolute atomic E-state index is 0.00595. The molecule has 4 rings (SSSR count). The van der Waals surface area contributed by atoms with Crippen molar-refractivity contribution in [2.45, 2.75) is 74.3 Å². The fourth-order valence-electron chi connectivity index (χ4n) is 5.89. The Morgan fingerprint density at radius 2 is 1.85 bits per heavy atom. The SMILES string of the molecule is CCCCCN1CC=C[C@]23S[C@H]4C=CCCOC(=O)[C@H]4[C@H]2C(=O)N(CCCCCCO)C3C1=O. The molecule has 0 aromatic heterocycles. The third kappa shape index (κ3) is 4.68. The van der Waals surface area contributed by atoms with Crippen LogP contribution >= 0.6 is 11.8 Å². The van der Waals surface area contributed by atoms with Crippen LogP contribution in [0.15, 0.2) is 24.3 Å². The average Bonchev–Trinajstić information content (AvgIpc) is 3.19. The minimum Gasteiger partial charge on any atom is -0.465 e. The second-order valence-electron chi connectivity index (χ2n) is 9.79. The lowest BCUT2D eigenvalue weighted by atomic mass is 9.78. The number of thioether (sulfide) groups is 1. The van der Waals surface area contributed by atoms with E-state index < -0.39 is 22.6 Å². The van der Waals surface area contributed by atoms with Crippen LogP contribution in [0, 0.1) is 11.8 Å². The molecule has 0 aliphatic carbocycles. The normalized spacial score (nSPS) is 32.7. The molecule has 0 aromatic carbocycles. The second-order valence-corrected chi connectivity index (χ2v) is 11.3. The highest BCUT2D eigenvalue weighted by molar-refractivity contribution is 8.02. The van der Waals surface area contributed by atoms with Crippen molar-refractivity contribution in [3.8, 4) is 0 Å². The molecule has 8 heteroatoms. The molecule has 0 bridgehead atoms. The van der Waals surface area contributed by atoms with Gasteiger partial charge in [-0.3, -0.25) is 14.4 Å². The van der Waals surface area contributed by atoms with E-state index >= 15 is 0 Å². The molecule has 2 fully saturated rings. The van der Waals surface area contributed by atoms with Gasteiger partial charge in [-0.25, -0.2) is 0 Å². The Labute approximate surface area is 206 Å². The zero-order valence-electron chi connectivity index (χ0n) is 20.2. The third-order valence-electron chi connectivity index (χ3n) is 7.54. The number of hydrogen-bond donors (Lipinski definition) is 1. The van der Waals surface area contributed by atoms with Gasteiger partial charge in [-0.1, -0.05) is 56.9 Å². The monoisotopic (exact) mass is 490 g/mol. The Bertz CT molecular complexity index is 830. The molecule has 34 heavy (non-hydrogen) atoms. The number of ether oxygens (including phenoxy) is 1. The van der Waals surface area contributed by atoms with Gasteiger partial charge >= 0.3 is 5.97 Å².